The summed E-state index contributed by atoms with van der Waals surface area (Å²) in [6.07, 6.45) is 1.59. The number of nitrogens with one attached hydrogen (secondary N) is 1. The van der Waals surface area contributed by atoms with Crippen molar-refractivity contribution in [3.05, 3.63) is 72.0 Å². The van der Waals surface area contributed by atoms with Gasteiger partial charge in [0.05, 0.1) is 16.8 Å². The summed E-state index contributed by atoms with van der Waals surface area (Å²) in [5, 5.41) is 0. The van der Waals surface area contributed by atoms with Gasteiger partial charge < -0.3 is 4.42 Å². The molecule has 1 heterocycles. The summed E-state index contributed by atoms with van der Waals surface area (Å²) in [4.78, 5) is 0.242. The molecule has 3 rings (SSSR count). The smallest absolute Gasteiger partial charge is 0.261 e. The van der Waals surface area contributed by atoms with Crippen molar-refractivity contribution in [3.63, 3.8) is 0 Å². The van der Waals surface area contributed by atoms with Crippen LogP contribution in [0.15, 0.2) is 70.2 Å². The summed E-state index contributed by atoms with van der Waals surface area (Å²) in [5.74, 6) is 0.695. The molecule has 5 heteroatoms. The molecule has 0 saturated heterocycles. The van der Waals surface area contributed by atoms with Gasteiger partial charge in [-0.3, -0.25) is 4.72 Å². The van der Waals surface area contributed by atoms with Gasteiger partial charge in [-0.15, -0.1) is 0 Å². The molecule has 0 aliphatic rings. The molecule has 0 bridgehead atoms. The predicted molar refractivity (Wildman–Crippen MR) is 90.9 cm³/mol. The summed E-state index contributed by atoms with van der Waals surface area (Å²) in [5.41, 5.74) is 3.22. The van der Waals surface area contributed by atoms with Gasteiger partial charge in [-0.2, -0.15) is 0 Å². The quantitative estimate of drug-likeness (QED) is 0.774. The van der Waals surface area contributed by atoms with Crippen molar-refractivity contribution in [2.24, 2.45) is 0 Å². The Hall–Kier alpha value is -2.53. The zero-order chi connectivity index (χ0) is 16.4. The highest BCUT2D eigenvalue weighted by Gasteiger charge is 2.15. The van der Waals surface area contributed by atoms with Crippen LogP contribution in [0.25, 0.3) is 11.3 Å². The maximum absolute atomic E-state index is 12.5. The van der Waals surface area contributed by atoms with E-state index < -0.39 is 10.0 Å². The van der Waals surface area contributed by atoms with Gasteiger partial charge in [0, 0.05) is 5.56 Å². The van der Waals surface area contributed by atoms with Crippen LogP contribution >= 0.6 is 0 Å². The number of aryl methyl sites for hydroxylation is 2. The van der Waals surface area contributed by atoms with E-state index in [1.54, 1.807) is 42.7 Å². The van der Waals surface area contributed by atoms with Crippen molar-refractivity contribution in [3.8, 4) is 11.3 Å². The Morgan fingerprint density at radius 2 is 1.70 bits per heavy atom. The monoisotopic (exact) mass is 327 g/mol. The standard InChI is InChI=1S/C18H17NO3S/c1-13-5-9-16(10-6-13)23(20,21)19-17-12-15(8-7-14(17)2)18-4-3-11-22-18/h3-12,19H,1-2H3. The van der Waals surface area contributed by atoms with Crippen LogP contribution < -0.4 is 4.72 Å². The maximum Gasteiger partial charge on any atom is 0.261 e. The van der Waals surface area contributed by atoms with Crippen LogP contribution in [0.3, 0.4) is 0 Å². The van der Waals surface area contributed by atoms with Crippen molar-refractivity contribution >= 4 is 15.7 Å². The zero-order valence-corrected chi connectivity index (χ0v) is 13.7. The van der Waals surface area contributed by atoms with Crippen LogP contribution in [0.1, 0.15) is 11.1 Å². The Labute approximate surface area is 135 Å². The number of hydrogen-bond donors (Lipinski definition) is 1. The van der Waals surface area contributed by atoms with Crippen molar-refractivity contribution in [2.75, 3.05) is 4.72 Å². The third-order valence-corrected chi connectivity index (χ3v) is 5.00. The Kier molecular flexibility index (Phi) is 3.96. The minimum Gasteiger partial charge on any atom is -0.464 e. The van der Waals surface area contributed by atoms with Gasteiger partial charge in [0.15, 0.2) is 0 Å². The van der Waals surface area contributed by atoms with Gasteiger partial charge >= 0.3 is 0 Å². The lowest BCUT2D eigenvalue weighted by molar-refractivity contribution is 0.582. The maximum atomic E-state index is 12.5. The van der Waals surface area contributed by atoms with Crippen LogP contribution in [-0.4, -0.2) is 8.42 Å². The normalized spacial score (nSPS) is 11.4. The van der Waals surface area contributed by atoms with Gasteiger partial charge in [-0.25, -0.2) is 8.42 Å². The summed E-state index contributed by atoms with van der Waals surface area (Å²) >= 11 is 0. The van der Waals surface area contributed by atoms with E-state index in [1.165, 1.54) is 0 Å². The lowest BCUT2D eigenvalue weighted by Crippen LogP contribution is -2.13. The van der Waals surface area contributed by atoms with Crippen LogP contribution in [-0.2, 0) is 10.0 Å². The van der Waals surface area contributed by atoms with E-state index in [-0.39, 0.29) is 4.90 Å². The first-order chi connectivity index (χ1) is 11.0. The van der Waals surface area contributed by atoms with E-state index in [0.717, 1.165) is 16.7 Å². The lowest BCUT2D eigenvalue weighted by atomic mass is 10.1. The Morgan fingerprint density at radius 1 is 0.957 bits per heavy atom. The van der Waals surface area contributed by atoms with Gasteiger partial charge in [-0.1, -0.05) is 29.8 Å². The fraction of sp³-hybridized carbons (Fsp3) is 0.111. The highest BCUT2D eigenvalue weighted by Crippen LogP contribution is 2.27. The highest BCUT2D eigenvalue weighted by atomic mass is 32.2. The van der Waals surface area contributed by atoms with Crippen molar-refractivity contribution in [2.45, 2.75) is 18.7 Å². The van der Waals surface area contributed by atoms with Gasteiger partial charge in [-0.05, 0) is 49.7 Å². The SMILES string of the molecule is Cc1ccc(S(=O)(=O)Nc2cc(-c3ccco3)ccc2C)cc1. The van der Waals surface area contributed by atoms with Crippen molar-refractivity contribution in [1.82, 2.24) is 0 Å². The first kappa shape index (κ1) is 15.4. The van der Waals surface area contributed by atoms with Gasteiger partial charge in [0.1, 0.15) is 5.76 Å². The first-order valence-corrected chi connectivity index (χ1v) is 8.68. The zero-order valence-electron chi connectivity index (χ0n) is 12.9. The average Bonchev–Trinajstić information content (AvgIpc) is 3.04. The second-order valence-corrected chi connectivity index (χ2v) is 7.11. The molecule has 3 aromatic rings. The van der Waals surface area contributed by atoms with Gasteiger partial charge in [0.25, 0.3) is 10.0 Å². The van der Waals surface area contributed by atoms with E-state index in [4.69, 9.17) is 4.42 Å². The highest BCUT2D eigenvalue weighted by molar-refractivity contribution is 7.92. The van der Waals surface area contributed by atoms with Crippen molar-refractivity contribution < 1.29 is 12.8 Å². The minimum atomic E-state index is -3.62. The molecule has 0 atom stereocenters. The molecule has 0 aliphatic carbocycles. The topological polar surface area (TPSA) is 59.3 Å². The molecular formula is C18H17NO3S. The molecule has 0 fully saturated rings. The predicted octanol–water partition coefficient (Wildman–Crippen LogP) is 4.36. The summed E-state index contributed by atoms with van der Waals surface area (Å²) < 4.78 is 33.1. The molecule has 1 N–H and O–H groups in total. The third kappa shape index (κ3) is 3.29. The van der Waals surface area contributed by atoms with Crippen LogP contribution in [0, 0.1) is 13.8 Å². The number of anilines is 1. The third-order valence-electron chi connectivity index (χ3n) is 3.62. The molecule has 0 radical (unpaired) electrons. The summed E-state index contributed by atoms with van der Waals surface area (Å²) in [6.45, 7) is 3.78. The molecule has 0 aliphatic heterocycles. The van der Waals surface area contributed by atoms with Crippen LogP contribution in [0.5, 0.6) is 0 Å². The molecular weight excluding hydrogens is 310 g/mol. The number of sulfonamides is 1. The molecule has 0 spiro atoms. The van der Waals surface area contributed by atoms with E-state index in [9.17, 15) is 8.42 Å². The summed E-state index contributed by atoms with van der Waals surface area (Å²) in [7, 11) is -3.62. The summed E-state index contributed by atoms with van der Waals surface area (Å²) in [6, 6.07) is 15.9. The minimum absolute atomic E-state index is 0.242. The molecule has 118 valence electrons. The first-order valence-electron chi connectivity index (χ1n) is 7.20. The number of benzene rings is 2. The largest absolute Gasteiger partial charge is 0.464 e. The van der Waals surface area contributed by atoms with Crippen LogP contribution in [0.2, 0.25) is 0 Å². The molecule has 2 aromatic carbocycles. The Bertz CT molecular complexity index is 911. The molecule has 23 heavy (non-hydrogen) atoms. The van der Waals surface area contributed by atoms with E-state index in [2.05, 4.69) is 4.72 Å². The Balaban J connectivity index is 1.96. The second kappa shape index (κ2) is 5.93. The molecule has 1 aromatic heterocycles. The fourth-order valence-corrected chi connectivity index (χ4v) is 3.37. The number of furan rings is 1. The van der Waals surface area contributed by atoms with Crippen LogP contribution in [0.4, 0.5) is 5.69 Å². The molecule has 0 saturated carbocycles. The van der Waals surface area contributed by atoms with E-state index >= 15 is 0 Å². The molecule has 4 nitrogen and oxygen atoms in total. The lowest BCUT2D eigenvalue weighted by Gasteiger charge is -2.12. The van der Waals surface area contributed by atoms with E-state index in [1.807, 2.05) is 32.0 Å². The van der Waals surface area contributed by atoms with Gasteiger partial charge in [0.2, 0.25) is 0 Å². The Morgan fingerprint density at radius 3 is 2.35 bits per heavy atom. The molecule has 0 amide bonds. The average molecular weight is 327 g/mol. The number of hydrogen-bond acceptors (Lipinski definition) is 3. The number of rotatable bonds is 4. The van der Waals surface area contributed by atoms with Crippen molar-refractivity contribution in [1.29, 1.82) is 0 Å². The second-order valence-electron chi connectivity index (χ2n) is 5.43. The fourth-order valence-electron chi connectivity index (χ4n) is 2.25. The van der Waals surface area contributed by atoms with E-state index in [0.29, 0.717) is 11.4 Å². The molecule has 0 unspecified atom stereocenters.